The van der Waals surface area contributed by atoms with Crippen molar-refractivity contribution in [2.45, 2.75) is 6.18 Å². The maximum atomic E-state index is 12.3. The highest BCUT2D eigenvalue weighted by Gasteiger charge is 2.31. The van der Waals surface area contributed by atoms with Crippen molar-refractivity contribution in [1.82, 2.24) is 0 Å². The van der Waals surface area contributed by atoms with Gasteiger partial charge < -0.3 is 0 Å². The summed E-state index contributed by atoms with van der Waals surface area (Å²) in [5.41, 5.74) is -1.66. The molecule has 0 atom stereocenters. The second kappa shape index (κ2) is 4.02. The molecule has 0 saturated heterocycles. The average molecular weight is 237 g/mol. The molecule has 0 radical (unpaired) electrons. The Morgan fingerprint density at radius 2 is 1.73 bits per heavy atom. The molecule has 80 valence electrons. The van der Waals surface area contributed by atoms with E-state index in [4.69, 9.17) is 11.6 Å². The summed E-state index contributed by atoms with van der Waals surface area (Å²) in [6.07, 6.45) is -4.19. The van der Waals surface area contributed by atoms with Crippen molar-refractivity contribution in [3.05, 3.63) is 33.8 Å². The maximum Gasteiger partial charge on any atom is 0.416 e. The second-order valence-electron chi connectivity index (χ2n) is 2.69. The summed E-state index contributed by atoms with van der Waals surface area (Å²) in [6.45, 7) is 0. The molecule has 1 rings (SSSR count). The van der Waals surface area contributed by atoms with Crippen LogP contribution in [0.25, 0.3) is 0 Å². The number of benzene rings is 1. The van der Waals surface area contributed by atoms with Crippen LogP contribution in [-0.4, -0.2) is 12.6 Å². The van der Waals surface area contributed by atoms with E-state index in [2.05, 4.69) is 0 Å². The Hall–Kier alpha value is -1.36. The molecule has 0 bridgehead atoms. The summed E-state index contributed by atoms with van der Waals surface area (Å²) >= 11 is 5.43. The first kappa shape index (κ1) is 11.7. The molecule has 0 heterocycles. The van der Waals surface area contributed by atoms with Crippen LogP contribution >= 0.6 is 11.6 Å². The highest BCUT2D eigenvalue weighted by Crippen LogP contribution is 2.33. The van der Waals surface area contributed by atoms with Crippen molar-refractivity contribution in [1.29, 1.82) is 0 Å². The van der Waals surface area contributed by atoms with Gasteiger partial charge in [0, 0.05) is 11.1 Å². The number of halogens is 4. The molecule has 0 aliphatic rings. The Morgan fingerprint density at radius 1 is 1.13 bits per heavy atom. The summed E-state index contributed by atoms with van der Waals surface area (Å²) in [5.74, 6) is 0. The van der Waals surface area contributed by atoms with Crippen molar-refractivity contribution in [2.24, 2.45) is 0 Å². The normalized spacial score (nSPS) is 11.2. The zero-order valence-corrected chi connectivity index (χ0v) is 7.89. The summed E-state index contributed by atoms with van der Waals surface area (Å²) in [4.78, 5) is 20.9. The molecule has 0 saturated carbocycles. The van der Waals surface area contributed by atoms with Crippen LogP contribution in [0, 0.1) is 0 Å². The van der Waals surface area contributed by atoms with Gasteiger partial charge in [0.1, 0.15) is 0 Å². The Bertz CT molecular complexity index is 413. The predicted molar refractivity (Wildman–Crippen MR) is 47.2 cm³/mol. The van der Waals surface area contributed by atoms with E-state index in [1.807, 2.05) is 0 Å². The van der Waals surface area contributed by atoms with Crippen LogP contribution in [-0.2, 0) is 6.18 Å². The largest absolute Gasteiger partial charge is 0.416 e. The molecule has 1 aromatic carbocycles. The van der Waals surface area contributed by atoms with Gasteiger partial charge in [0.2, 0.25) is 0 Å². The molecule has 2 nitrogen and oxygen atoms in total. The monoisotopic (exact) mass is 236 g/mol. The quantitative estimate of drug-likeness (QED) is 0.740. The summed E-state index contributed by atoms with van der Waals surface area (Å²) < 4.78 is 36.8. The minimum absolute atomic E-state index is 0.158. The number of hydrogen-bond acceptors (Lipinski definition) is 2. The van der Waals surface area contributed by atoms with Gasteiger partial charge in [-0.1, -0.05) is 11.6 Å². The lowest BCUT2D eigenvalue weighted by atomic mass is 10.1. The smallest absolute Gasteiger partial charge is 0.298 e. The minimum atomic E-state index is -4.59. The number of rotatable bonds is 2. The van der Waals surface area contributed by atoms with Crippen molar-refractivity contribution in [3.63, 3.8) is 0 Å². The van der Waals surface area contributed by atoms with Gasteiger partial charge in [-0.3, -0.25) is 9.59 Å². The second-order valence-corrected chi connectivity index (χ2v) is 3.10. The molecule has 0 N–H and O–H groups in total. The molecule has 0 fully saturated rings. The molecule has 1 aromatic rings. The third kappa shape index (κ3) is 2.36. The van der Waals surface area contributed by atoms with Gasteiger partial charge in [0.05, 0.1) is 10.6 Å². The van der Waals surface area contributed by atoms with E-state index in [1.165, 1.54) is 0 Å². The number of alkyl halides is 3. The fourth-order valence-corrected chi connectivity index (χ4v) is 1.30. The zero-order chi connectivity index (χ0) is 11.6. The summed E-state index contributed by atoms with van der Waals surface area (Å²) in [6, 6.07) is 1.20. The third-order valence-corrected chi connectivity index (χ3v) is 2.05. The molecular weight excluding hydrogens is 233 g/mol. The Balaban J connectivity index is 3.45. The first-order chi connectivity index (χ1) is 6.90. The van der Waals surface area contributed by atoms with Crippen molar-refractivity contribution >= 4 is 24.2 Å². The minimum Gasteiger partial charge on any atom is -0.298 e. The molecule has 0 amide bonds. The molecule has 0 spiro atoms. The van der Waals surface area contributed by atoms with Gasteiger partial charge in [-0.05, 0) is 12.1 Å². The van der Waals surface area contributed by atoms with E-state index in [1.54, 1.807) is 0 Å². The highest BCUT2D eigenvalue weighted by molar-refractivity contribution is 6.33. The molecular formula is C9H4ClF3O2. The van der Waals surface area contributed by atoms with Crippen LogP contribution in [0.3, 0.4) is 0 Å². The van der Waals surface area contributed by atoms with E-state index in [9.17, 15) is 22.8 Å². The summed E-state index contributed by atoms with van der Waals surface area (Å²) in [5, 5.41) is -0.387. The van der Waals surface area contributed by atoms with Gasteiger partial charge in [0.15, 0.2) is 12.6 Å². The molecule has 15 heavy (non-hydrogen) atoms. The Kier molecular flexibility index (Phi) is 3.14. The molecule has 0 aromatic heterocycles. The fourth-order valence-electron chi connectivity index (χ4n) is 1.02. The van der Waals surface area contributed by atoms with E-state index in [0.29, 0.717) is 12.1 Å². The highest BCUT2D eigenvalue weighted by atomic mass is 35.5. The lowest BCUT2D eigenvalue weighted by molar-refractivity contribution is -0.137. The van der Waals surface area contributed by atoms with Crippen molar-refractivity contribution in [2.75, 3.05) is 0 Å². The van der Waals surface area contributed by atoms with Crippen LogP contribution in [0.5, 0.6) is 0 Å². The molecule has 0 unspecified atom stereocenters. The Morgan fingerprint density at radius 3 is 2.13 bits per heavy atom. The van der Waals surface area contributed by atoms with Gasteiger partial charge >= 0.3 is 6.18 Å². The average Bonchev–Trinajstić information content (AvgIpc) is 2.15. The van der Waals surface area contributed by atoms with Crippen LogP contribution < -0.4 is 0 Å². The SMILES string of the molecule is O=Cc1cc(C(F)(F)F)cc(Cl)c1C=O. The van der Waals surface area contributed by atoms with Crippen molar-refractivity contribution in [3.8, 4) is 0 Å². The molecule has 0 aliphatic carbocycles. The van der Waals surface area contributed by atoms with Crippen LogP contribution in [0.4, 0.5) is 13.2 Å². The van der Waals surface area contributed by atoms with E-state index in [0.717, 1.165) is 0 Å². The van der Waals surface area contributed by atoms with E-state index < -0.39 is 11.7 Å². The number of carbonyl (C=O) groups is 2. The topological polar surface area (TPSA) is 34.1 Å². The van der Waals surface area contributed by atoms with Crippen LogP contribution in [0.2, 0.25) is 5.02 Å². The molecule has 0 aliphatic heterocycles. The lowest BCUT2D eigenvalue weighted by Crippen LogP contribution is -2.07. The number of carbonyl (C=O) groups excluding carboxylic acids is 2. The number of aldehydes is 2. The number of hydrogen-bond donors (Lipinski definition) is 0. The third-order valence-electron chi connectivity index (χ3n) is 1.73. The standard InChI is InChI=1S/C9H4ClF3O2/c10-8-2-6(9(11,12)13)1-5(3-14)7(8)4-15/h1-4H. The fraction of sp³-hybridized carbons (Fsp3) is 0.111. The first-order valence-corrected chi connectivity index (χ1v) is 4.09. The van der Waals surface area contributed by atoms with Crippen LogP contribution in [0.15, 0.2) is 12.1 Å². The Labute approximate surface area is 87.6 Å². The van der Waals surface area contributed by atoms with E-state index in [-0.39, 0.29) is 28.7 Å². The summed E-state index contributed by atoms with van der Waals surface area (Å²) in [7, 11) is 0. The maximum absolute atomic E-state index is 12.3. The molecule has 6 heteroatoms. The van der Waals surface area contributed by atoms with Gasteiger partial charge in [-0.25, -0.2) is 0 Å². The van der Waals surface area contributed by atoms with E-state index >= 15 is 0 Å². The van der Waals surface area contributed by atoms with Crippen molar-refractivity contribution < 1.29 is 22.8 Å². The first-order valence-electron chi connectivity index (χ1n) is 3.71. The van der Waals surface area contributed by atoms with Crippen LogP contribution in [0.1, 0.15) is 26.3 Å². The zero-order valence-electron chi connectivity index (χ0n) is 7.14. The van der Waals surface area contributed by atoms with Gasteiger partial charge in [0.25, 0.3) is 0 Å². The van der Waals surface area contributed by atoms with Gasteiger partial charge in [-0.2, -0.15) is 13.2 Å². The predicted octanol–water partition coefficient (Wildman–Crippen LogP) is 2.98. The van der Waals surface area contributed by atoms with Gasteiger partial charge in [-0.15, -0.1) is 0 Å². The lowest BCUT2D eigenvalue weighted by Gasteiger charge is -2.09.